The lowest BCUT2D eigenvalue weighted by Crippen LogP contribution is -2.46. The molecule has 5 heteroatoms. The molecule has 0 saturated carbocycles. The molecule has 0 amide bonds. The Hall–Kier alpha value is -0.650. The van der Waals surface area contributed by atoms with Crippen molar-refractivity contribution in [3.05, 3.63) is 0 Å². The lowest BCUT2D eigenvalue weighted by Gasteiger charge is -2.22. The maximum absolute atomic E-state index is 11.7. The molecule has 0 heterocycles. The van der Waals surface area contributed by atoms with Crippen LogP contribution < -0.4 is 5.32 Å². The molecule has 0 aromatic carbocycles. The zero-order valence-corrected chi connectivity index (χ0v) is 10.7. The zero-order chi connectivity index (χ0) is 12.7. The Morgan fingerprint density at radius 2 is 1.88 bits per heavy atom. The topological polar surface area (TPSA) is 67.8 Å². The summed E-state index contributed by atoms with van der Waals surface area (Å²) in [4.78, 5) is 11.7. The van der Waals surface area contributed by atoms with E-state index in [9.17, 15) is 9.90 Å². The molecule has 0 fully saturated rings. The van der Waals surface area contributed by atoms with Crippen molar-refractivity contribution < 1.29 is 19.4 Å². The summed E-state index contributed by atoms with van der Waals surface area (Å²) in [6, 6.07) is -0.544. The third kappa shape index (κ3) is 6.76. The van der Waals surface area contributed by atoms with Crippen molar-refractivity contribution in [1.82, 2.24) is 5.32 Å². The summed E-state index contributed by atoms with van der Waals surface area (Å²) in [5.74, 6) is -0.0407. The first-order chi connectivity index (χ1) is 7.36. The highest BCUT2D eigenvalue weighted by molar-refractivity contribution is 5.75. The van der Waals surface area contributed by atoms with Gasteiger partial charge in [0.2, 0.25) is 6.41 Å². The van der Waals surface area contributed by atoms with E-state index in [1.165, 1.54) is 7.11 Å². The molecule has 2 N–H and O–H groups in total. The van der Waals surface area contributed by atoms with E-state index in [2.05, 4.69) is 10.1 Å². The van der Waals surface area contributed by atoms with Gasteiger partial charge in [-0.25, -0.2) is 0 Å². The fraction of sp³-hybridized carbons (Fsp3) is 0.909. The van der Waals surface area contributed by atoms with Crippen LogP contribution in [0.1, 0.15) is 34.1 Å². The van der Waals surface area contributed by atoms with Crippen molar-refractivity contribution in [3.8, 4) is 0 Å². The molecule has 0 aliphatic heterocycles. The normalized spacial score (nSPS) is 15.2. The van der Waals surface area contributed by atoms with Gasteiger partial charge in [0.1, 0.15) is 6.04 Å². The monoisotopic (exact) mass is 233 g/mol. The lowest BCUT2D eigenvalue weighted by molar-refractivity contribution is -0.157. The van der Waals surface area contributed by atoms with E-state index in [1.807, 2.05) is 13.8 Å². The van der Waals surface area contributed by atoms with Gasteiger partial charge < -0.3 is 14.6 Å². The van der Waals surface area contributed by atoms with E-state index in [4.69, 9.17) is 4.74 Å². The number of methoxy groups -OCH3 is 1. The van der Waals surface area contributed by atoms with Crippen molar-refractivity contribution in [3.63, 3.8) is 0 Å². The Morgan fingerprint density at radius 3 is 2.25 bits per heavy atom. The predicted octanol–water partition coefficient (Wildman–Crippen LogP) is 0.865. The van der Waals surface area contributed by atoms with Crippen LogP contribution in [0.25, 0.3) is 0 Å². The van der Waals surface area contributed by atoms with Crippen LogP contribution in [0, 0.1) is 5.92 Å². The van der Waals surface area contributed by atoms with Crippen LogP contribution in [0.4, 0.5) is 0 Å². The summed E-state index contributed by atoms with van der Waals surface area (Å²) in [6.07, 6.45) is -0.724. The minimum atomic E-state index is -1.15. The Kier molecular flexibility index (Phi) is 7.29. The highest BCUT2D eigenvalue weighted by Gasteiger charge is 2.24. The molecule has 0 aliphatic rings. The quantitative estimate of drug-likeness (QED) is 0.504. The summed E-state index contributed by atoms with van der Waals surface area (Å²) in [5, 5.41) is 11.9. The van der Waals surface area contributed by atoms with E-state index >= 15 is 0 Å². The van der Waals surface area contributed by atoms with Crippen molar-refractivity contribution in [2.75, 3.05) is 7.11 Å². The summed E-state index contributed by atoms with van der Waals surface area (Å²) in [6.45, 7) is 7.57. The van der Waals surface area contributed by atoms with Crippen molar-refractivity contribution in [2.24, 2.45) is 5.92 Å². The molecule has 0 aromatic heterocycles. The number of ether oxygens (including phenoxy) is 2. The van der Waals surface area contributed by atoms with Gasteiger partial charge in [0.15, 0.2) is 0 Å². The number of aliphatic hydroxyl groups excluding tert-OH is 1. The average Bonchev–Trinajstić information content (AvgIpc) is 2.14. The van der Waals surface area contributed by atoms with E-state index in [0.29, 0.717) is 12.3 Å². The van der Waals surface area contributed by atoms with Crippen LogP contribution >= 0.6 is 0 Å². The van der Waals surface area contributed by atoms with Crippen molar-refractivity contribution in [2.45, 2.75) is 52.7 Å². The minimum Gasteiger partial charge on any atom is -0.462 e. The molecular weight excluding hydrogens is 210 g/mol. The number of nitrogens with one attached hydrogen (secondary N) is 1. The van der Waals surface area contributed by atoms with Gasteiger partial charge in [-0.05, 0) is 26.2 Å². The summed E-state index contributed by atoms with van der Waals surface area (Å²) < 4.78 is 9.74. The van der Waals surface area contributed by atoms with Crippen molar-refractivity contribution >= 4 is 5.97 Å². The van der Waals surface area contributed by atoms with Crippen LogP contribution in [0.3, 0.4) is 0 Å². The number of aliphatic hydroxyl groups is 1. The first kappa shape index (κ1) is 15.3. The Bertz CT molecular complexity index is 206. The molecule has 2 atom stereocenters. The number of esters is 1. The lowest BCUT2D eigenvalue weighted by atomic mass is 10.0. The molecular formula is C11H23NO4. The third-order valence-corrected chi connectivity index (χ3v) is 1.91. The number of carbonyl (C=O) groups excluding carboxylic acids is 1. The molecule has 0 aliphatic carbocycles. The van der Waals surface area contributed by atoms with E-state index in [1.54, 1.807) is 13.8 Å². The fourth-order valence-electron chi connectivity index (χ4n) is 1.26. The van der Waals surface area contributed by atoms with Gasteiger partial charge in [-0.15, -0.1) is 0 Å². The van der Waals surface area contributed by atoms with E-state index in [0.717, 1.165) is 0 Å². The Balaban J connectivity index is 4.34. The molecule has 1 unspecified atom stereocenters. The van der Waals surface area contributed by atoms with Crippen molar-refractivity contribution in [1.29, 1.82) is 0 Å². The molecule has 0 rings (SSSR count). The van der Waals surface area contributed by atoms with Gasteiger partial charge in [-0.3, -0.25) is 10.1 Å². The smallest absolute Gasteiger partial charge is 0.323 e. The summed E-state index contributed by atoms with van der Waals surface area (Å²) in [7, 11) is 1.36. The molecule has 5 nitrogen and oxygen atoms in total. The van der Waals surface area contributed by atoms with E-state index in [-0.39, 0.29) is 12.1 Å². The predicted molar refractivity (Wildman–Crippen MR) is 60.6 cm³/mol. The van der Waals surface area contributed by atoms with Crippen LogP contribution in [-0.4, -0.2) is 36.7 Å². The van der Waals surface area contributed by atoms with Gasteiger partial charge in [0.05, 0.1) is 6.10 Å². The minimum absolute atomic E-state index is 0.163. The first-order valence-corrected chi connectivity index (χ1v) is 5.54. The van der Waals surface area contributed by atoms with Crippen LogP contribution in [-0.2, 0) is 14.3 Å². The highest BCUT2D eigenvalue weighted by Crippen LogP contribution is 2.08. The fourth-order valence-corrected chi connectivity index (χ4v) is 1.26. The molecule has 0 spiro atoms. The van der Waals surface area contributed by atoms with Crippen LogP contribution in [0.5, 0.6) is 0 Å². The number of rotatable bonds is 7. The highest BCUT2D eigenvalue weighted by atomic mass is 16.6. The second-order valence-corrected chi connectivity index (χ2v) is 4.42. The average molecular weight is 233 g/mol. The molecule has 0 saturated heterocycles. The van der Waals surface area contributed by atoms with Crippen LogP contribution in [0.2, 0.25) is 0 Å². The maximum Gasteiger partial charge on any atom is 0.323 e. The second kappa shape index (κ2) is 7.60. The zero-order valence-electron chi connectivity index (χ0n) is 10.7. The Labute approximate surface area is 97.1 Å². The van der Waals surface area contributed by atoms with Crippen LogP contribution in [0.15, 0.2) is 0 Å². The van der Waals surface area contributed by atoms with Gasteiger partial charge in [-0.2, -0.15) is 0 Å². The summed E-state index contributed by atoms with van der Waals surface area (Å²) in [5.41, 5.74) is 0. The molecule has 16 heavy (non-hydrogen) atoms. The first-order valence-electron chi connectivity index (χ1n) is 5.54. The molecule has 0 radical (unpaired) electrons. The molecule has 0 bridgehead atoms. The summed E-state index contributed by atoms with van der Waals surface area (Å²) >= 11 is 0. The van der Waals surface area contributed by atoms with Gasteiger partial charge >= 0.3 is 5.97 Å². The number of hydrogen-bond donors (Lipinski definition) is 2. The third-order valence-electron chi connectivity index (χ3n) is 1.91. The maximum atomic E-state index is 11.7. The van der Waals surface area contributed by atoms with Gasteiger partial charge in [0, 0.05) is 7.11 Å². The SMILES string of the molecule is COC(O)N[C@@H](CC(C)C)C(=O)OC(C)C. The molecule has 96 valence electrons. The standard InChI is InChI=1S/C11H23NO4/c1-7(2)6-9(12-11(14)15-5)10(13)16-8(3)4/h7-9,11-12,14H,6H2,1-5H3/t9-,11?/m0/s1. The number of hydrogen-bond acceptors (Lipinski definition) is 5. The van der Waals surface area contributed by atoms with Gasteiger partial charge in [0.25, 0.3) is 0 Å². The van der Waals surface area contributed by atoms with E-state index < -0.39 is 12.5 Å². The second-order valence-electron chi connectivity index (χ2n) is 4.42. The molecule has 0 aromatic rings. The van der Waals surface area contributed by atoms with Gasteiger partial charge in [-0.1, -0.05) is 13.8 Å². The Morgan fingerprint density at radius 1 is 1.31 bits per heavy atom. The number of carbonyl (C=O) groups is 1. The largest absolute Gasteiger partial charge is 0.462 e.